The number of rotatable bonds is 5. The Bertz CT molecular complexity index is 383. The van der Waals surface area contributed by atoms with Gasteiger partial charge in [-0.25, -0.2) is 0 Å². The number of thioether (sulfide) groups is 1. The molecular formula is C14H18O3S. The molecule has 18 heavy (non-hydrogen) atoms. The molecule has 0 aromatic heterocycles. The van der Waals surface area contributed by atoms with Crippen molar-refractivity contribution >= 4 is 17.7 Å². The van der Waals surface area contributed by atoms with Crippen LogP contribution in [0.1, 0.15) is 18.4 Å². The first-order chi connectivity index (χ1) is 8.74. The first-order valence-corrected chi connectivity index (χ1v) is 7.24. The molecule has 1 aromatic rings. The van der Waals surface area contributed by atoms with Crippen molar-refractivity contribution in [3.05, 3.63) is 29.8 Å². The van der Waals surface area contributed by atoms with Gasteiger partial charge in [0.1, 0.15) is 0 Å². The third-order valence-corrected chi connectivity index (χ3v) is 4.35. The molecule has 0 aliphatic carbocycles. The summed E-state index contributed by atoms with van der Waals surface area (Å²) in [5.74, 6) is 1.10. The maximum Gasteiger partial charge on any atom is 0.307 e. The van der Waals surface area contributed by atoms with Gasteiger partial charge in [0.25, 0.3) is 0 Å². The zero-order valence-electron chi connectivity index (χ0n) is 10.3. The van der Waals surface area contributed by atoms with Gasteiger partial charge in [-0.1, -0.05) is 12.1 Å². The monoisotopic (exact) mass is 266 g/mol. The van der Waals surface area contributed by atoms with E-state index >= 15 is 0 Å². The van der Waals surface area contributed by atoms with Gasteiger partial charge < -0.3 is 9.84 Å². The topological polar surface area (TPSA) is 46.5 Å². The lowest BCUT2D eigenvalue weighted by molar-refractivity contribution is -0.136. The lowest BCUT2D eigenvalue weighted by Gasteiger charge is -2.21. The largest absolute Gasteiger partial charge is 0.481 e. The van der Waals surface area contributed by atoms with Crippen LogP contribution >= 0.6 is 11.8 Å². The van der Waals surface area contributed by atoms with Crippen molar-refractivity contribution in [1.29, 1.82) is 0 Å². The summed E-state index contributed by atoms with van der Waals surface area (Å²) in [6, 6.07) is 7.84. The second-order valence-corrected chi connectivity index (χ2v) is 5.67. The summed E-state index contributed by atoms with van der Waals surface area (Å²) in [6.07, 6.45) is 2.42. The van der Waals surface area contributed by atoms with E-state index in [-0.39, 0.29) is 6.42 Å². The normalized spacial score (nSPS) is 16.7. The lowest BCUT2D eigenvalue weighted by atomic mass is 10.0. The predicted octanol–water partition coefficient (Wildman–Crippen LogP) is 2.83. The molecule has 2 rings (SSSR count). The number of carboxylic acids is 1. The molecular weight excluding hydrogens is 248 g/mol. The molecule has 0 spiro atoms. The Hall–Kier alpha value is -1.00. The maximum absolute atomic E-state index is 10.6. The van der Waals surface area contributed by atoms with Crippen molar-refractivity contribution in [3.63, 3.8) is 0 Å². The van der Waals surface area contributed by atoms with Gasteiger partial charge in [-0.3, -0.25) is 4.79 Å². The van der Waals surface area contributed by atoms with E-state index in [1.54, 1.807) is 0 Å². The molecule has 4 heteroatoms. The average molecular weight is 266 g/mol. The minimum Gasteiger partial charge on any atom is -0.481 e. The van der Waals surface area contributed by atoms with Crippen molar-refractivity contribution in [2.75, 3.05) is 19.0 Å². The van der Waals surface area contributed by atoms with Gasteiger partial charge >= 0.3 is 5.97 Å². The van der Waals surface area contributed by atoms with E-state index < -0.39 is 5.97 Å². The van der Waals surface area contributed by atoms with Crippen LogP contribution in [0.4, 0.5) is 0 Å². The van der Waals surface area contributed by atoms with Gasteiger partial charge in [0.2, 0.25) is 0 Å². The second-order valence-electron chi connectivity index (χ2n) is 4.58. The Labute approximate surface area is 112 Å². The molecule has 1 aliphatic heterocycles. The number of ether oxygens (including phenoxy) is 1. The van der Waals surface area contributed by atoms with Gasteiger partial charge in [0.05, 0.1) is 6.42 Å². The van der Waals surface area contributed by atoms with Crippen LogP contribution in [0.25, 0.3) is 0 Å². The quantitative estimate of drug-likeness (QED) is 0.832. The van der Waals surface area contributed by atoms with E-state index in [1.165, 1.54) is 4.90 Å². The van der Waals surface area contributed by atoms with Crippen molar-refractivity contribution in [1.82, 2.24) is 0 Å². The van der Waals surface area contributed by atoms with Crippen molar-refractivity contribution in [3.8, 4) is 0 Å². The molecule has 0 radical (unpaired) electrons. The number of carbonyl (C=O) groups is 1. The molecule has 0 unspecified atom stereocenters. The fourth-order valence-electron chi connectivity index (χ4n) is 2.01. The fourth-order valence-corrected chi connectivity index (χ4v) is 3.10. The highest BCUT2D eigenvalue weighted by Gasteiger charge is 2.13. The molecule has 1 heterocycles. The van der Waals surface area contributed by atoms with Crippen LogP contribution in [-0.2, 0) is 16.0 Å². The van der Waals surface area contributed by atoms with Gasteiger partial charge in [0, 0.05) is 23.9 Å². The van der Waals surface area contributed by atoms with Crippen LogP contribution in [0, 0.1) is 5.92 Å². The molecule has 98 valence electrons. The Morgan fingerprint density at radius 2 is 1.94 bits per heavy atom. The minimum atomic E-state index is -0.780. The molecule has 1 aliphatic rings. The van der Waals surface area contributed by atoms with Gasteiger partial charge in [-0.15, -0.1) is 11.8 Å². The van der Waals surface area contributed by atoms with E-state index in [9.17, 15) is 4.79 Å². The van der Waals surface area contributed by atoms with Crippen LogP contribution < -0.4 is 0 Å². The Balaban J connectivity index is 1.80. The van der Waals surface area contributed by atoms with Crippen LogP contribution in [0.3, 0.4) is 0 Å². The summed E-state index contributed by atoms with van der Waals surface area (Å²) >= 11 is 1.85. The number of carboxylic acid groups (broad SMARTS) is 1. The smallest absolute Gasteiger partial charge is 0.307 e. The van der Waals surface area contributed by atoms with Crippen molar-refractivity contribution in [2.45, 2.75) is 24.2 Å². The summed E-state index contributed by atoms with van der Waals surface area (Å²) in [4.78, 5) is 11.8. The summed E-state index contributed by atoms with van der Waals surface area (Å²) in [6.45, 7) is 1.78. The van der Waals surface area contributed by atoms with E-state index in [2.05, 4.69) is 0 Å². The van der Waals surface area contributed by atoms with Crippen LogP contribution in [0.15, 0.2) is 29.2 Å². The van der Waals surface area contributed by atoms with Gasteiger partial charge in [0.15, 0.2) is 0 Å². The molecule has 1 fully saturated rings. The van der Waals surface area contributed by atoms with Crippen LogP contribution in [0.5, 0.6) is 0 Å². The zero-order valence-corrected chi connectivity index (χ0v) is 11.1. The SMILES string of the molecule is O=C(O)Cc1ccc(SCC2CCOCC2)cc1. The van der Waals surface area contributed by atoms with Crippen LogP contribution in [0.2, 0.25) is 0 Å². The minimum absolute atomic E-state index is 0.102. The second kappa shape index (κ2) is 6.81. The van der Waals surface area contributed by atoms with E-state index in [4.69, 9.17) is 9.84 Å². The summed E-state index contributed by atoms with van der Waals surface area (Å²) in [5.41, 5.74) is 0.859. The highest BCUT2D eigenvalue weighted by Crippen LogP contribution is 2.26. The van der Waals surface area contributed by atoms with Crippen molar-refractivity contribution < 1.29 is 14.6 Å². The first-order valence-electron chi connectivity index (χ1n) is 6.25. The summed E-state index contributed by atoms with van der Waals surface area (Å²) in [5, 5.41) is 8.69. The molecule has 3 nitrogen and oxygen atoms in total. The maximum atomic E-state index is 10.6. The summed E-state index contributed by atoms with van der Waals surface area (Å²) in [7, 11) is 0. The van der Waals surface area contributed by atoms with E-state index in [0.29, 0.717) is 0 Å². The average Bonchev–Trinajstić information content (AvgIpc) is 2.38. The molecule has 0 saturated carbocycles. The molecule has 1 saturated heterocycles. The molecule has 1 aromatic carbocycles. The lowest BCUT2D eigenvalue weighted by Crippen LogP contribution is -2.17. The Morgan fingerprint density at radius 3 is 2.56 bits per heavy atom. The molecule has 1 N–H and O–H groups in total. The molecule has 0 bridgehead atoms. The van der Waals surface area contributed by atoms with Gasteiger partial charge in [-0.05, 0) is 36.5 Å². The fraction of sp³-hybridized carbons (Fsp3) is 0.500. The number of aliphatic carboxylic acids is 1. The number of benzene rings is 1. The third kappa shape index (κ3) is 4.35. The van der Waals surface area contributed by atoms with Gasteiger partial charge in [-0.2, -0.15) is 0 Å². The highest BCUT2D eigenvalue weighted by atomic mass is 32.2. The predicted molar refractivity (Wildman–Crippen MR) is 72.0 cm³/mol. The van der Waals surface area contributed by atoms with E-state index in [0.717, 1.165) is 43.3 Å². The number of hydrogen-bond acceptors (Lipinski definition) is 3. The van der Waals surface area contributed by atoms with Crippen molar-refractivity contribution in [2.24, 2.45) is 5.92 Å². The highest BCUT2D eigenvalue weighted by molar-refractivity contribution is 7.99. The Morgan fingerprint density at radius 1 is 1.28 bits per heavy atom. The van der Waals surface area contributed by atoms with E-state index in [1.807, 2.05) is 36.0 Å². The first kappa shape index (κ1) is 13.4. The molecule has 0 atom stereocenters. The third-order valence-electron chi connectivity index (χ3n) is 3.11. The number of hydrogen-bond donors (Lipinski definition) is 1. The van der Waals surface area contributed by atoms with Crippen LogP contribution in [-0.4, -0.2) is 30.0 Å². The molecule has 0 amide bonds. The Kier molecular flexibility index (Phi) is 5.08. The zero-order chi connectivity index (χ0) is 12.8. The standard InChI is InChI=1S/C14H18O3S/c15-14(16)9-11-1-3-13(4-2-11)18-10-12-5-7-17-8-6-12/h1-4,12H,5-10H2,(H,15,16). The summed E-state index contributed by atoms with van der Waals surface area (Å²) < 4.78 is 5.34.